The maximum absolute atomic E-state index is 9.32. The first-order valence-corrected chi connectivity index (χ1v) is 9.50. The summed E-state index contributed by atoms with van der Waals surface area (Å²) >= 11 is 0. The Hall–Kier alpha value is -1.64. The Bertz CT molecular complexity index is 542. The van der Waals surface area contributed by atoms with E-state index in [1.54, 1.807) is 0 Å². The molecule has 0 unspecified atom stereocenters. The van der Waals surface area contributed by atoms with Crippen molar-refractivity contribution in [3.63, 3.8) is 0 Å². The van der Waals surface area contributed by atoms with Gasteiger partial charge in [0.25, 0.3) is 0 Å². The lowest BCUT2D eigenvalue weighted by Crippen LogP contribution is -2.63. The van der Waals surface area contributed by atoms with Crippen LogP contribution in [0, 0.1) is 0 Å². The van der Waals surface area contributed by atoms with E-state index in [4.69, 9.17) is 0 Å². The minimum absolute atomic E-state index is 0.0878. The van der Waals surface area contributed by atoms with E-state index in [0.29, 0.717) is 0 Å². The van der Waals surface area contributed by atoms with Crippen LogP contribution in [0.1, 0.15) is 20.8 Å². The highest BCUT2D eigenvalue weighted by atomic mass is 28.3. The largest absolute Gasteiger partial charge is 0.392 e. The molecule has 0 heterocycles. The second-order valence-corrected chi connectivity index (χ2v) is 11.0. The van der Waals surface area contributed by atoms with E-state index in [1.165, 1.54) is 10.4 Å². The molecule has 21 heavy (non-hydrogen) atoms. The maximum Gasteiger partial charge on any atom is 0.146 e. The Morgan fingerprint density at radius 3 is 1.62 bits per heavy atom. The Kier molecular flexibility index (Phi) is 4.81. The van der Waals surface area contributed by atoms with Gasteiger partial charge in [-0.3, -0.25) is 0 Å². The van der Waals surface area contributed by atoms with Crippen molar-refractivity contribution in [2.24, 2.45) is 0 Å². The number of aliphatic hydroxyl groups excluding tert-OH is 1. The Balaban J connectivity index is 2.75. The van der Waals surface area contributed by atoms with Crippen LogP contribution in [0.3, 0.4) is 0 Å². The Morgan fingerprint density at radius 2 is 1.29 bits per heavy atom. The highest BCUT2D eigenvalue weighted by Crippen LogP contribution is 2.36. The smallest absolute Gasteiger partial charge is 0.146 e. The molecule has 0 aliphatic rings. The molecule has 110 valence electrons. The van der Waals surface area contributed by atoms with Crippen LogP contribution in [-0.4, -0.2) is 19.8 Å². The van der Waals surface area contributed by atoms with Gasteiger partial charge in [0.05, 0.1) is 6.61 Å². The fourth-order valence-corrected chi connectivity index (χ4v) is 7.95. The van der Waals surface area contributed by atoms with E-state index in [0.717, 1.165) is 0 Å². The van der Waals surface area contributed by atoms with Crippen LogP contribution in [0.4, 0.5) is 0 Å². The van der Waals surface area contributed by atoms with Crippen molar-refractivity contribution in [3.8, 4) is 0 Å². The van der Waals surface area contributed by atoms with Crippen LogP contribution >= 0.6 is 0 Å². The predicted molar refractivity (Wildman–Crippen MR) is 93.8 cm³/mol. The third-order valence-corrected chi connectivity index (χ3v) is 9.70. The molecule has 0 aromatic heterocycles. The highest BCUT2D eigenvalue weighted by Gasteiger charge is 2.45. The van der Waals surface area contributed by atoms with Crippen molar-refractivity contribution >= 4 is 18.4 Å². The molecule has 1 N–H and O–H groups in total. The number of rotatable bonds is 4. The standard InChI is InChI=1S/C19H24OSi/c1-19(2,3)21(16-10-15-20,17-11-6-4-7-12-17)18-13-8-5-9-14-18/h4-14,16,20H,15H2,1-3H3/b16-10+. The van der Waals surface area contributed by atoms with Crippen LogP contribution < -0.4 is 10.4 Å². The Labute approximate surface area is 129 Å². The molecule has 0 saturated heterocycles. The first kappa shape index (κ1) is 15.7. The molecule has 1 nitrogen and oxygen atoms in total. The van der Waals surface area contributed by atoms with E-state index in [9.17, 15) is 5.11 Å². The average molecular weight is 296 g/mol. The van der Waals surface area contributed by atoms with Crippen molar-refractivity contribution in [2.75, 3.05) is 6.61 Å². The predicted octanol–water partition coefficient (Wildman–Crippen LogP) is 3.14. The van der Waals surface area contributed by atoms with Gasteiger partial charge in [-0.2, -0.15) is 0 Å². The van der Waals surface area contributed by atoms with Gasteiger partial charge in [-0.1, -0.05) is 93.2 Å². The van der Waals surface area contributed by atoms with Gasteiger partial charge in [0.1, 0.15) is 8.07 Å². The van der Waals surface area contributed by atoms with Crippen LogP contribution in [0.25, 0.3) is 0 Å². The number of aliphatic hydroxyl groups is 1. The summed E-state index contributed by atoms with van der Waals surface area (Å²) in [6.07, 6.45) is 1.91. The molecule has 0 spiro atoms. The molecule has 0 atom stereocenters. The normalized spacial score (nSPS) is 12.8. The zero-order chi connectivity index (χ0) is 15.3. The minimum Gasteiger partial charge on any atom is -0.392 e. The van der Waals surface area contributed by atoms with E-state index in [-0.39, 0.29) is 11.6 Å². The summed E-state index contributed by atoms with van der Waals surface area (Å²) < 4.78 is 0. The average Bonchev–Trinajstić information content (AvgIpc) is 2.49. The molecular weight excluding hydrogens is 272 g/mol. The molecule has 0 aliphatic heterocycles. The summed E-state index contributed by atoms with van der Waals surface area (Å²) in [5, 5.41) is 12.2. The molecule has 2 rings (SSSR count). The van der Waals surface area contributed by atoms with Crippen molar-refractivity contribution < 1.29 is 5.11 Å². The van der Waals surface area contributed by atoms with Crippen LogP contribution in [0.5, 0.6) is 0 Å². The summed E-state index contributed by atoms with van der Waals surface area (Å²) in [6.45, 7) is 7.01. The van der Waals surface area contributed by atoms with Crippen LogP contribution in [0.15, 0.2) is 72.4 Å². The number of hydrogen-bond acceptors (Lipinski definition) is 1. The molecule has 2 aromatic carbocycles. The molecule has 0 fully saturated rings. The molecule has 2 aromatic rings. The molecule has 0 bridgehead atoms. The van der Waals surface area contributed by atoms with Gasteiger partial charge in [0.15, 0.2) is 0 Å². The Morgan fingerprint density at radius 1 is 0.857 bits per heavy atom. The van der Waals surface area contributed by atoms with E-state index >= 15 is 0 Å². The van der Waals surface area contributed by atoms with E-state index in [1.807, 2.05) is 6.08 Å². The van der Waals surface area contributed by atoms with Crippen LogP contribution in [-0.2, 0) is 0 Å². The summed E-state index contributed by atoms with van der Waals surface area (Å²) in [5.41, 5.74) is 2.29. The third kappa shape index (κ3) is 3.02. The maximum atomic E-state index is 9.32. The zero-order valence-corrected chi connectivity index (χ0v) is 14.1. The number of benzene rings is 2. The van der Waals surface area contributed by atoms with Crippen molar-refractivity contribution in [3.05, 3.63) is 72.4 Å². The van der Waals surface area contributed by atoms with Gasteiger partial charge in [-0.15, -0.1) is 0 Å². The van der Waals surface area contributed by atoms with Crippen molar-refractivity contribution in [1.29, 1.82) is 0 Å². The summed E-state index contributed by atoms with van der Waals surface area (Å²) in [6, 6.07) is 21.5. The molecule has 0 saturated carbocycles. The third-order valence-electron chi connectivity index (χ3n) is 4.11. The van der Waals surface area contributed by atoms with Crippen molar-refractivity contribution in [2.45, 2.75) is 25.8 Å². The van der Waals surface area contributed by atoms with Crippen LogP contribution in [0.2, 0.25) is 5.04 Å². The van der Waals surface area contributed by atoms with Gasteiger partial charge in [-0.25, -0.2) is 0 Å². The molecular formula is C19H24OSi. The summed E-state index contributed by atoms with van der Waals surface area (Å²) in [7, 11) is -2.11. The molecule has 2 heteroatoms. The first-order chi connectivity index (χ1) is 10.0. The van der Waals surface area contributed by atoms with Gasteiger partial charge >= 0.3 is 0 Å². The fourth-order valence-electron chi connectivity index (χ4n) is 3.11. The first-order valence-electron chi connectivity index (χ1n) is 7.42. The monoisotopic (exact) mass is 296 g/mol. The van der Waals surface area contributed by atoms with Gasteiger partial charge < -0.3 is 5.11 Å². The van der Waals surface area contributed by atoms with Gasteiger partial charge in [0.2, 0.25) is 0 Å². The summed E-state index contributed by atoms with van der Waals surface area (Å²) in [4.78, 5) is 0. The summed E-state index contributed by atoms with van der Waals surface area (Å²) in [5.74, 6) is 0. The van der Waals surface area contributed by atoms with E-state index < -0.39 is 8.07 Å². The minimum atomic E-state index is -2.11. The lowest BCUT2D eigenvalue weighted by molar-refractivity contribution is 0.343. The molecule has 0 radical (unpaired) electrons. The highest BCUT2D eigenvalue weighted by molar-refractivity contribution is 7.07. The molecule has 0 amide bonds. The lowest BCUT2D eigenvalue weighted by Gasteiger charge is -2.42. The lowest BCUT2D eigenvalue weighted by atomic mass is 10.2. The zero-order valence-electron chi connectivity index (χ0n) is 13.1. The second kappa shape index (κ2) is 6.42. The molecule has 0 aliphatic carbocycles. The fraction of sp³-hybridized carbons (Fsp3) is 0.263. The quantitative estimate of drug-likeness (QED) is 0.860. The topological polar surface area (TPSA) is 20.2 Å². The van der Waals surface area contributed by atoms with E-state index in [2.05, 4.69) is 87.1 Å². The SMILES string of the molecule is CC(C)(C)[Si](/C=C/CO)(c1ccccc1)c1ccccc1. The number of hydrogen-bond donors (Lipinski definition) is 1. The van der Waals surface area contributed by atoms with Crippen molar-refractivity contribution in [1.82, 2.24) is 0 Å². The second-order valence-electron chi connectivity index (χ2n) is 6.38. The van der Waals surface area contributed by atoms with Gasteiger partial charge in [0, 0.05) is 0 Å². The van der Waals surface area contributed by atoms with Gasteiger partial charge in [-0.05, 0) is 15.4 Å².